The summed E-state index contributed by atoms with van der Waals surface area (Å²) < 4.78 is 6.24. The van der Waals surface area contributed by atoms with E-state index in [4.69, 9.17) is 4.74 Å². The standard InChI is InChI=1S/C14H16N2O4/c1-2-3-8-20-12(17)9-16-11-7-5-4-6-10(11)13(18)15-14(16)19/h4-7H,2-3,8-9H2,1H3,(H,15,18,19). The largest absolute Gasteiger partial charge is 0.464 e. The number of aromatic amines is 1. The second kappa shape index (κ2) is 6.18. The molecule has 1 heterocycles. The molecule has 0 aliphatic heterocycles. The zero-order valence-electron chi connectivity index (χ0n) is 11.2. The average molecular weight is 276 g/mol. The summed E-state index contributed by atoms with van der Waals surface area (Å²) in [7, 11) is 0. The maximum absolute atomic E-state index is 11.8. The predicted octanol–water partition coefficient (Wildman–Crippen LogP) is 1.03. The van der Waals surface area contributed by atoms with Crippen LogP contribution in [0.5, 0.6) is 0 Å². The van der Waals surface area contributed by atoms with Gasteiger partial charge >= 0.3 is 11.7 Å². The number of hydrogen-bond donors (Lipinski definition) is 1. The molecule has 0 radical (unpaired) electrons. The molecule has 20 heavy (non-hydrogen) atoms. The molecule has 2 rings (SSSR count). The summed E-state index contributed by atoms with van der Waals surface area (Å²) >= 11 is 0. The molecule has 0 spiro atoms. The molecule has 0 saturated carbocycles. The molecule has 1 aromatic heterocycles. The lowest BCUT2D eigenvalue weighted by atomic mass is 10.2. The van der Waals surface area contributed by atoms with Crippen molar-refractivity contribution in [2.24, 2.45) is 0 Å². The fraction of sp³-hybridized carbons (Fsp3) is 0.357. The highest BCUT2D eigenvalue weighted by Gasteiger charge is 2.11. The van der Waals surface area contributed by atoms with E-state index in [2.05, 4.69) is 4.98 Å². The molecule has 0 bridgehead atoms. The Morgan fingerprint density at radius 2 is 2.05 bits per heavy atom. The number of fused-ring (bicyclic) bond motifs is 1. The van der Waals surface area contributed by atoms with Crippen molar-refractivity contribution in [1.82, 2.24) is 9.55 Å². The van der Waals surface area contributed by atoms with Crippen molar-refractivity contribution < 1.29 is 9.53 Å². The van der Waals surface area contributed by atoms with E-state index in [9.17, 15) is 14.4 Å². The number of rotatable bonds is 5. The smallest absolute Gasteiger partial charge is 0.329 e. The topological polar surface area (TPSA) is 81.2 Å². The summed E-state index contributed by atoms with van der Waals surface area (Å²) in [5.74, 6) is -0.488. The number of unbranched alkanes of at least 4 members (excludes halogenated alkanes) is 1. The summed E-state index contributed by atoms with van der Waals surface area (Å²) in [6, 6.07) is 6.64. The summed E-state index contributed by atoms with van der Waals surface area (Å²) in [6.45, 7) is 2.12. The van der Waals surface area contributed by atoms with Crippen molar-refractivity contribution in [3.05, 3.63) is 45.1 Å². The average Bonchev–Trinajstić information content (AvgIpc) is 2.44. The minimum atomic E-state index is -0.610. The van der Waals surface area contributed by atoms with Crippen LogP contribution in [0.25, 0.3) is 10.9 Å². The van der Waals surface area contributed by atoms with Crippen molar-refractivity contribution in [3.63, 3.8) is 0 Å². The minimum Gasteiger partial charge on any atom is -0.464 e. The van der Waals surface area contributed by atoms with Crippen LogP contribution in [0.15, 0.2) is 33.9 Å². The van der Waals surface area contributed by atoms with Crippen LogP contribution in [0, 0.1) is 0 Å². The molecule has 0 atom stereocenters. The monoisotopic (exact) mass is 276 g/mol. The molecule has 0 aliphatic rings. The lowest BCUT2D eigenvalue weighted by molar-refractivity contribution is -0.144. The van der Waals surface area contributed by atoms with E-state index in [0.29, 0.717) is 17.5 Å². The molecule has 0 saturated heterocycles. The number of benzene rings is 1. The second-order valence-electron chi connectivity index (χ2n) is 4.44. The van der Waals surface area contributed by atoms with Gasteiger partial charge in [-0.1, -0.05) is 25.5 Å². The Bertz CT molecular complexity index is 730. The quantitative estimate of drug-likeness (QED) is 0.653. The Balaban J connectivity index is 2.32. The maximum atomic E-state index is 11.8. The van der Waals surface area contributed by atoms with Gasteiger partial charge in [0.25, 0.3) is 5.56 Å². The van der Waals surface area contributed by atoms with Crippen LogP contribution in [0.2, 0.25) is 0 Å². The van der Waals surface area contributed by atoms with Crippen LogP contribution < -0.4 is 11.2 Å². The van der Waals surface area contributed by atoms with Gasteiger partial charge in [-0.05, 0) is 18.6 Å². The number of carbonyl (C=O) groups is 1. The van der Waals surface area contributed by atoms with E-state index in [1.54, 1.807) is 24.3 Å². The molecule has 2 aromatic rings. The van der Waals surface area contributed by atoms with Crippen LogP contribution in [0.3, 0.4) is 0 Å². The molecular weight excluding hydrogens is 260 g/mol. The Kier molecular flexibility index (Phi) is 4.34. The van der Waals surface area contributed by atoms with Gasteiger partial charge in [-0.25, -0.2) is 4.79 Å². The van der Waals surface area contributed by atoms with E-state index in [1.165, 1.54) is 4.57 Å². The van der Waals surface area contributed by atoms with Gasteiger partial charge in [-0.15, -0.1) is 0 Å². The third kappa shape index (κ3) is 2.96. The van der Waals surface area contributed by atoms with E-state index in [1.807, 2.05) is 6.92 Å². The van der Waals surface area contributed by atoms with Crippen LogP contribution in [0.4, 0.5) is 0 Å². The van der Waals surface area contributed by atoms with E-state index < -0.39 is 17.2 Å². The summed E-state index contributed by atoms with van der Waals surface area (Å²) in [6.07, 6.45) is 1.71. The molecule has 0 amide bonds. The normalized spacial score (nSPS) is 10.7. The maximum Gasteiger partial charge on any atom is 0.329 e. The number of nitrogens with zero attached hydrogens (tertiary/aromatic N) is 1. The SMILES string of the molecule is CCCCOC(=O)Cn1c(=O)[nH]c(=O)c2ccccc21. The summed E-state index contributed by atoms with van der Waals surface area (Å²) in [4.78, 5) is 37.4. The number of H-pyrrole nitrogens is 1. The fourth-order valence-corrected chi connectivity index (χ4v) is 1.90. The van der Waals surface area contributed by atoms with Gasteiger partial charge in [0.1, 0.15) is 6.54 Å². The number of hydrogen-bond acceptors (Lipinski definition) is 4. The van der Waals surface area contributed by atoms with Gasteiger partial charge in [-0.2, -0.15) is 0 Å². The zero-order chi connectivity index (χ0) is 14.5. The number of ether oxygens (including phenoxy) is 1. The lowest BCUT2D eigenvalue weighted by Crippen LogP contribution is -2.32. The Labute approximate surface area is 115 Å². The number of para-hydroxylation sites is 1. The summed E-state index contributed by atoms with van der Waals surface area (Å²) in [5.41, 5.74) is -0.643. The van der Waals surface area contributed by atoms with Crippen LogP contribution >= 0.6 is 0 Å². The highest BCUT2D eigenvalue weighted by molar-refractivity contribution is 5.79. The number of carbonyl (C=O) groups excluding carboxylic acids is 1. The van der Waals surface area contributed by atoms with Crippen molar-refractivity contribution in [3.8, 4) is 0 Å². The highest BCUT2D eigenvalue weighted by Crippen LogP contribution is 2.06. The van der Waals surface area contributed by atoms with Crippen molar-refractivity contribution in [1.29, 1.82) is 0 Å². The molecular formula is C14H16N2O4. The number of aromatic nitrogens is 2. The Hall–Kier alpha value is -2.37. The zero-order valence-corrected chi connectivity index (χ0v) is 11.2. The van der Waals surface area contributed by atoms with E-state index in [-0.39, 0.29) is 6.54 Å². The highest BCUT2D eigenvalue weighted by atomic mass is 16.5. The Morgan fingerprint density at radius 1 is 1.30 bits per heavy atom. The molecule has 106 valence electrons. The molecule has 6 nitrogen and oxygen atoms in total. The van der Waals surface area contributed by atoms with Gasteiger partial charge in [0, 0.05) is 0 Å². The van der Waals surface area contributed by atoms with Crippen LogP contribution in [0.1, 0.15) is 19.8 Å². The first kappa shape index (κ1) is 14.0. The first-order valence-electron chi connectivity index (χ1n) is 6.51. The van der Waals surface area contributed by atoms with E-state index in [0.717, 1.165) is 12.8 Å². The van der Waals surface area contributed by atoms with E-state index >= 15 is 0 Å². The Morgan fingerprint density at radius 3 is 2.80 bits per heavy atom. The van der Waals surface area contributed by atoms with Gasteiger partial charge in [-0.3, -0.25) is 19.1 Å². The van der Waals surface area contributed by atoms with Crippen LogP contribution in [-0.2, 0) is 16.1 Å². The predicted molar refractivity (Wildman–Crippen MR) is 74.7 cm³/mol. The summed E-state index contributed by atoms with van der Waals surface area (Å²) in [5, 5.41) is 0.369. The second-order valence-corrected chi connectivity index (χ2v) is 4.44. The van der Waals surface area contributed by atoms with Gasteiger partial charge in [0.15, 0.2) is 0 Å². The molecule has 0 unspecified atom stereocenters. The van der Waals surface area contributed by atoms with Crippen LogP contribution in [-0.4, -0.2) is 22.1 Å². The molecule has 6 heteroatoms. The third-order valence-electron chi connectivity index (χ3n) is 2.95. The van der Waals surface area contributed by atoms with Gasteiger partial charge in [0.2, 0.25) is 0 Å². The molecule has 0 fully saturated rings. The van der Waals surface area contributed by atoms with Gasteiger partial charge < -0.3 is 4.74 Å². The number of nitrogens with one attached hydrogen (secondary N) is 1. The van der Waals surface area contributed by atoms with Crippen molar-refractivity contribution in [2.45, 2.75) is 26.3 Å². The van der Waals surface area contributed by atoms with Crippen molar-refractivity contribution in [2.75, 3.05) is 6.61 Å². The molecule has 1 N–H and O–H groups in total. The lowest BCUT2D eigenvalue weighted by Gasteiger charge is -2.09. The first-order chi connectivity index (χ1) is 9.63. The first-order valence-corrected chi connectivity index (χ1v) is 6.51. The number of esters is 1. The third-order valence-corrected chi connectivity index (χ3v) is 2.95. The minimum absolute atomic E-state index is 0.208. The van der Waals surface area contributed by atoms with Gasteiger partial charge in [0.05, 0.1) is 17.5 Å². The molecule has 1 aromatic carbocycles. The molecule has 0 aliphatic carbocycles. The van der Waals surface area contributed by atoms with Crippen molar-refractivity contribution >= 4 is 16.9 Å². The fourth-order valence-electron chi connectivity index (χ4n) is 1.90.